The molecule has 0 saturated carbocycles. The minimum atomic E-state index is -0.599. The van der Waals surface area contributed by atoms with Crippen molar-refractivity contribution in [2.75, 3.05) is 11.9 Å². The second kappa shape index (κ2) is 9.66. The molecule has 0 spiro atoms. The molecule has 1 aromatic carbocycles. The lowest BCUT2D eigenvalue weighted by Crippen LogP contribution is -2.35. The lowest BCUT2D eigenvalue weighted by Gasteiger charge is -2.23. The molecule has 1 unspecified atom stereocenters. The molecule has 27 heavy (non-hydrogen) atoms. The number of imide groups is 1. The average molecular weight is 374 g/mol. The third kappa shape index (κ3) is 7.43. The Morgan fingerprint density at radius 2 is 1.85 bits per heavy atom. The van der Waals surface area contributed by atoms with E-state index in [1.807, 2.05) is 0 Å². The molecule has 0 saturated heterocycles. The fraction of sp³-hybridized carbons (Fsp3) is 0.400. The zero-order valence-electron chi connectivity index (χ0n) is 16.3. The van der Waals surface area contributed by atoms with Gasteiger partial charge in [0.1, 0.15) is 17.9 Å². The Labute approximate surface area is 159 Å². The van der Waals surface area contributed by atoms with Crippen molar-refractivity contribution >= 4 is 35.8 Å². The van der Waals surface area contributed by atoms with E-state index < -0.39 is 29.4 Å². The summed E-state index contributed by atoms with van der Waals surface area (Å²) in [5.41, 5.74) is 0.689. The van der Waals surface area contributed by atoms with Crippen LogP contribution in [0.15, 0.2) is 30.3 Å². The summed E-state index contributed by atoms with van der Waals surface area (Å²) < 4.78 is 5.34. The van der Waals surface area contributed by atoms with E-state index in [9.17, 15) is 19.2 Å². The van der Waals surface area contributed by atoms with Crippen LogP contribution in [-0.4, -0.2) is 47.2 Å². The summed E-state index contributed by atoms with van der Waals surface area (Å²) in [4.78, 5) is 47.1. The first kappa shape index (κ1) is 22.1. The highest BCUT2D eigenvalue weighted by Crippen LogP contribution is 2.19. The van der Waals surface area contributed by atoms with Gasteiger partial charge in [-0.15, -0.1) is 0 Å². The van der Waals surface area contributed by atoms with Crippen molar-refractivity contribution in [2.24, 2.45) is 0 Å². The Bertz CT molecular complexity index is 734. The lowest BCUT2D eigenvalue weighted by atomic mass is 10.1. The van der Waals surface area contributed by atoms with Crippen molar-refractivity contribution in [1.82, 2.24) is 4.90 Å². The molecule has 0 heterocycles. The number of esters is 1. The number of ether oxygens (including phenoxy) is 1. The molecule has 1 rings (SSSR count). The van der Waals surface area contributed by atoms with Gasteiger partial charge in [0, 0.05) is 18.7 Å². The van der Waals surface area contributed by atoms with Crippen LogP contribution in [0.25, 0.3) is 6.08 Å². The van der Waals surface area contributed by atoms with Gasteiger partial charge in [-0.1, -0.05) is 18.2 Å². The lowest BCUT2D eigenvalue weighted by molar-refractivity contribution is -0.155. The van der Waals surface area contributed by atoms with Crippen LogP contribution in [0.5, 0.6) is 0 Å². The predicted molar refractivity (Wildman–Crippen MR) is 103 cm³/mol. The number of rotatable bonds is 7. The molecule has 2 amide bonds. The first-order valence-electron chi connectivity index (χ1n) is 8.57. The number of anilines is 1. The maximum Gasteiger partial charge on any atom is 0.328 e. The zero-order valence-corrected chi connectivity index (χ0v) is 16.3. The van der Waals surface area contributed by atoms with Crippen molar-refractivity contribution < 1.29 is 23.9 Å². The van der Waals surface area contributed by atoms with E-state index in [0.29, 0.717) is 17.5 Å². The van der Waals surface area contributed by atoms with Crippen LogP contribution in [0.4, 0.5) is 5.69 Å². The number of hydrogen-bond acceptors (Lipinski definition) is 6. The van der Waals surface area contributed by atoms with Gasteiger partial charge in [-0.05, 0) is 45.4 Å². The number of carbonyl (C=O) groups is 4. The molecule has 0 aromatic heterocycles. The molecular formula is C20H26N2O5. The number of aldehydes is 1. The van der Waals surface area contributed by atoms with Crippen LogP contribution in [0.1, 0.15) is 40.2 Å². The smallest absolute Gasteiger partial charge is 0.328 e. The van der Waals surface area contributed by atoms with E-state index in [2.05, 4.69) is 5.32 Å². The predicted octanol–water partition coefficient (Wildman–Crippen LogP) is 2.42. The number of nitrogens with one attached hydrogen (secondary N) is 1. The number of amides is 2. The van der Waals surface area contributed by atoms with Gasteiger partial charge >= 0.3 is 5.97 Å². The minimum Gasteiger partial charge on any atom is -0.458 e. The van der Waals surface area contributed by atoms with Gasteiger partial charge in [0.2, 0.25) is 5.91 Å². The molecular weight excluding hydrogens is 348 g/mol. The van der Waals surface area contributed by atoms with Gasteiger partial charge in [0.25, 0.3) is 5.91 Å². The van der Waals surface area contributed by atoms with E-state index in [-0.39, 0.29) is 6.54 Å². The fourth-order valence-electron chi connectivity index (χ4n) is 2.16. The van der Waals surface area contributed by atoms with Crippen LogP contribution in [0.3, 0.4) is 0 Å². The highest BCUT2D eigenvalue weighted by molar-refractivity contribution is 6.03. The van der Waals surface area contributed by atoms with Crippen LogP contribution in [-0.2, 0) is 23.9 Å². The average Bonchev–Trinajstić information content (AvgIpc) is 2.56. The number of nitrogens with zero attached hydrogens (tertiary/aromatic N) is 1. The number of carbonyl (C=O) groups excluding carboxylic acids is 4. The van der Waals surface area contributed by atoms with Crippen molar-refractivity contribution in [3.8, 4) is 0 Å². The second-order valence-corrected chi connectivity index (χ2v) is 6.95. The van der Waals surface area contributed by atoms with E-state index in [4.69, 9.17) is 4.74 Å². The molecule has 0 aliphatic heterocycles. The Hall–Kier alpha value is -2.96. The van der Waals surface area contributed by atoms with Gasteiger partial charge in [-0.3, -0.25) is 14.5 Å². The number of hydrogen-bond donors (Lipinski definition) is 1. The van der Waals surface area contributed by atoms with Crippen LogP contribution in [0.2, 0.25) is 0 Å². The van der Waals surface area contributed by atoms with E-state index in [0.717, 1.165) is 4.90 Å². The first-order chi connectivity index (χ1) is 12.5. The quantitative estimate of drug-likeness (QED) is 0.448. The summed E-state index contributed by atoms with van der Waals surface area (Å²) >= 11 is 0. The van der Waals surface area contributed by atoms with Crippen molar-refractivity contribution in [2.45, 2.75) is 46.3 Å². The summed E-state index contributed by atoms with van der Waals surface area (Å²) in [6.07, 6.45) is 3.22. The number of benzene rings is 1. The standard InChI is InChI=1S/C20H26N2O5/c1-14(19(26)27-20(3,4)5)21-17-9-7-6-8-16(17)10-11-18(25)22(12-13-23)15(2)24/h6-11,13-14,21H,12H2,1-5H3/b11-10+. The van der Waals surface area contributed by atoms with Crippen LogP contribution >= 0.6 is 0 Å². The normalized spacial score (nSPS) is 12.3. The molecule has 0 aliphatic carbocycles. The maximum atomic E-state index is 12.1. The van der Waals surface area contributed by atoms with Crippen molar-refractivity contribution in [3.05, 3.63) is 35.9 Å². The van der Waals surface area contributed by atoms with E-state index in [1.54, 1.807) is 52.0 Å². The molecule has 0 fully saturated rings. The molecule has 0 aliphatic rings. The third-order valence-corrected chi connectivity index (χ3v) is 3.40. The summed E-state index contributed by atoms with van der Waals surface area (Å²) in [7, 11) is 0. The van der Waals surface area contributed by atoms with Crippen LogP contribution < -0.4 is 5.32 Å². The van der Waals surface area contributed by atoms with Crippen molar-refractivity contribution in [1.29, 1.82) is 0 Å². The van der Waals surface area contributed by atoms with Crippen molar-refractivity contribution in [3.63, 3.8) is 0 Å². The Balaban J connectivity index is 2.93. The van der Waals surface area contributed by atoms with Gasteiger partial charge in [-0.2, -0.15) is 0 Å². The van der Waals surface area contributed by atoms with Gasteiger partial charge < -0.3 is 14.8 Å². The number of para-hydroxylation sites is 1. The second-order valence-electron chi connectivity index (χ2n) is 6.95. The molecule has 7 nitrogen and oxygen atoms in total. The highest BCUT2D eigenvalue weighted by atomic mass is 16.6. The zero-order chi connectivity index (χ0) is 20.6. The summed E-state index contributed by atoms with van der Waals surface area (Å²) in [6.45, 7) is 7.97. The maximum absolute atomic E-state index is 12.1. The Morgan fingerprint density at radius 1 is 1.22 bits per heavy atom. The monoisotopic (exact) mass is 374 g/mol. The Morgan fingerprint density at radius 3 is 2.41 bits per heavy atom. The molecule has 1 aromatic rings. The molecule has 1 N–H and O–H groups in total. The first-order valence-corrected chi connectivity index (χ1v) is 8.57. The van der Waals surface area contributed by atoms with Gasteiger partial charge in [0.05, 0.1) is 6.54 Å². The third-order valence-electron chi connectivity index (χ3n) is 3.40. The highest BCUT2D eigenvalue weighted by Gasteiger charge is 2.22. The van der Waals surface area contributed by atoms with E-state index in [1.165, 1.54) is 19.1 Å². The van der Waals surface area contributed by atoms with E-state index >= 15 is 0 Å². The summed E-state index contributed by atoms with van der Waals surface area (Å²) in [5, 5.41) is 3.06. The topological polar surface area (TPSA) is 92.8 Å². The van der Waals surface area contributed by atoms with Gasteiger partial charge in [0.15, 0.2) is 0 Å². The Kier molecular flexibility index (Phi) is 7.90. The molecule has 7 heteroatoms. The molecule has 0 bridgehead atoms. The fourth-order valence-corrected chi connectivity index (χ4v) is 2.16. The SMILES string of the molecule is CC(=O)N(CC=O)C(=O)/C=C/c1ccccc1NC(C)C(=O)OC(C)(C)C. The van der Waals surface area contributed by atoms with Crippen LogP contribution in [0, 0.1) is 0 Å². The van der Waals surface area contributed by atoms with Gasteiger partial charge in [-0.25, -0.2) is 4.79 Å². The molecule has 1 atom stereocenters. The summed E-state index contributed by atoms with van der Waals surface area (Å²) in [6, 6.07) is 6.49. The summed E-state index contributed by atoms with van der Waals surface area (Å²) in [5.74, 6) is -1.50. The minimum absolute atomic E-state index is 0.298. The largest absolute Gasteiger partial charge is 0.458 e. The molecule has 146 valence electrons. The molecule has 0 radical (unpaired) electrons.